The van der Waals surface area contributed by atoms with Gasteiger partial charge >= 0.3 is 0 Å². The van der Waals surface area contributed by atoms with Crippen molar-refractivity contribution in [1.29, 1.82) is 0 Å². The summed E-state index contributed by atoms with van der Waals surface area (Å²) in [6, 6.07) is 14.7. The molecule has 2 aromatic rings. The minimum Gasteiger partial charge on any atom is -0.368 e. The Morgan fingerprint density at radius 1 is 0.750 bits per heavy atom. The number of carbonyl (C=O) groups is 2. The molecule has 0 N–H and O–H groups in total. The molecular weight excluding hydrogens is 421 g/mol. The van der Waals surface area contributed by atoms with Crippen LogP contribution in [0.3, 0.4) is 0 Å². The molecular formula is C20H16Cl3N3O2. The Hall–Kier alpha value is -2.21. The summed E-state index contributed by atoms with van der Waals surface area (Å²) in [5, 5.41) is 0.558. The number of carbonyl (C=O) groups excluding carboxylic acids is 2. The Morgan fingerprint density at radius 2 is 1.39 bits per heavy atom. The molecule has 2 aromatic carbocycles. The van der Waals surface area contributed by atoms with Gasteiger partial charge < -0.3 is 9.80 Å². The number of amides is 2. The highest BCUT2D eigenvalue weighted by molar-refractivity contribution is 6.53. The van der Waals surface area contributed by atoms with Crippen molar-refractivity contribution in [3.63, 3.8) is 0 Å². The lowest BCUT2D eigenvalue weighted by Gasteiger charge is -2.37. The summed E-state index contributed by atoms with van der Waals surface area (Å²) in [6.45, 7) is 2.62. The van der Waals surface area contributed by atoms with Crippen LogP contribution in [0.1, 0.15) is 0 Å². The Kier molecular flexibility index (Phi) is 5.23. The summed E-state index contributed by atoms with van der Waals surface area (Å²) in [7, 11) is 0. The fraction of sp³-hybridized carbons (Fsp3) is 0.200. The van der Waals surface area contributed by atoms with Crippen molar-refractivity contribution in [2.75, 3.05) is 36.0 Å². The quantitative estimate of drug-likeness (QED) is 0.678. The van der Waals surface area contributed by atoms with Gasteiger partial charge in [0.2, 0.25) is 0 Å². The number of nitrogens with zero attached hydrogens (tertiary/aromatic N) is 3. The molecule has 1 saturated heterocycles. The Labute approximate surface area is 177 Å². The highest BCUT2D eigenvalue weighted by atomic mass is 35.5. The van der Waals surface area contributed by atoms with E-state index in [-0.39, 0.29) is 21.4 Å². The van der Waals surface area contributed by atoms with Gasteiger partial charge in [-0.2, -0.15) is 0 Å². The number of para-hydroxylation sites is 1. The highest BCUT2D eigenvalue weighted by Crippen LogP contribution is 2.36. The zero-order chi connectivity index (χ0) is 19.8. The second-order valence-electron chi connectivity index (χ2n) is 6.51. The predicted molar refractivity (Wildman–Crippen MR) is 112 cm³/mol. The molecule has 0 bridgehead atoms. The van der Waals surface area contributed by atoms with Crippen LogP contribution in [0.2, 0.25) is 10.0 Å². The van der Waals surface area contributed by atoms with Gasteiger partial charge in [-0.05, 0) is 30.3 Å². The van der Waals surface area contributed by atoms with Gasteiger partial charge in [0.05, 0.1) is 10.7 Å². The number of hydrogen-bond acceptors (Lipinski definition) is 4. The van der Waals surface area contributed by atoms with Crippen LogP contribution in [0, 0.1) is 0 Å². The third-order valence-electron chi connectivity index (χ3n) is 4.87. The molecule has 0 aromatic heterocycles. The average molecular weight is 437 g/mol. The van der Waals surface area contributed by atoms with Crippen molar-refractivity contribution in [2.45, 2.75) is 0 Å². The van der Waals surface area contributed by atoms with E-state index in [1.54, 1.807) is 12.1 Å². The van der Waals surface area contributed by atoms with Crippen molar-refractivity contribution in [3.05, 3.63) is 69.3 Å². The van der Waals surface area contributed by atoms with Gasteiger partial charge in [-0.15, -0.1) is 0 Å². The summed E-state index contributed by atoms with van der Waals surface area (Å²) in [4.78, 5) is 30.8. The van der Waals surface area contributed by atoms with Crippen LogP contribution in [0.4, 0.5) is 11.4 Å². The van der Waals surface area contributed by atoms with Crippen molar-refractivity contribution in [2.24, 2.45) is 0 Å². The van der Waals surface area contributed by atoms with Crippen molar-refractivity contribution >= 4 is 58.0 Å². The number of hydrogen-bond donors (Lipinski definition) is 0. The first-order valence-corrected chi connectivity index (χ1v) is 9.89. The summed E-state index contributed by atoms with van der Waals surface area (Å²) in [5.74, 6) is -1.04. The van der Waals surface area contributed by atoms with Crippen LogP contribution in [0.5, 0.6) is 0 Å². The van der Waals surface area contributed by atoms with Crippen LogP contribution in [-0.2, 0) is 9.59 Å². The first kappa shape index (κ1) is 19.1. The molecule has 0 spiro atoms. The molecule has 2 amide bonds. The Bertz CT molecular complexity index is 970. The maximum atomic E-state index is 13.0. The van der Waals surface area contributed by atoms with Crippen LogP contribution in [0.15, 0.2) is 59.3 Å². The van der Waals surface area contributed by atoms with Crippen molar-refractivity contribution in [1.82, 2.24) is 4.90 Å². The number of imide groups is 1. The molecule has 2 aliphatic heterocycles. The van der Waals surface area contributed by atoms with Gasteiger partial charge in [0, 0.05) is 36.9 Å². The van der Waals surface area contributed by atoms with Gasteiger partial charge in [-0.3, -0.25) is 9.59 Å². The molecule has 1 fully saturated rings. The molecule has 4 rings (SSSR count). The summed E-state index contributed by atoms with van der Waals surface area (Å²) >= 11 is 18.4. The van der Waals surface area contributed by atoms with E-state index in [0.29, 0.717) is 18.1 Å². The maximum absolute atomic E-state index is 13.0. The first-order valence-electron chi connectivity index (χ1n) is 8.76. The number of benzene rings is 2. The molecule has 2 aliphatic rings. The SMILES string of the molecule is O=C1C(Cl)=C(N2CCN(c3ccccc3)CC2)C(=O)N1c1ccc(Cl)cc1Cl. The zero-order valence-corrected chi connectivity index (χ0v) is 17.0. The molecule has 0 saturated carbocycles. The van der Waals surface area contributed by atoms with E-state index in [2.05, 4.69) is 17.0 Å². The normalized spacial score (nSPS) is 17.8. The monoisotopic (exact) mass is 435 g/mol. The van der Waals surface area contributed by atoms with Gasteiger partial charge in [0.15, 0.2) is 0 Å². The smallest absolute Gasteiger partial charge is 0.283 e. The van der Waals surface area contributed by atoms with Crippen molar-refractivity contribution in [3.8, 4) is 0 Å². The van der Waals surface area contributed by atoms with Gasteiger partial charge in [-0.25, -0.2) is 4.90 Å². The molecule has 0 unspecified atom stereocenters. The molecule has 28 heavy (non-hydrogen) atoms. The van der Waals surface area contributed by atoms with Crippen LogP contribution in [-0.4, -0.2) is 42.9 Å². The highest BCUT2D eigenvalue weighted by Gasteiger charge is 2.42. The van der Waals surface area contributed by atoms with E-state index >= 15 is 0 Å². The van der Waals surface area contributed by atoms with E-state index < -0.39 is 11.8 Å². The average Bonchev–Trinajstić information content (AvgIpc) is 2.92. The van der Waals surface area contributed by atoms with Crippen LogP contribution < -0.4 is 9.80 Å². The number of anilines is 2. The molecule has 0 atom stereocenters. The van der Waals surface area contributed by atoms with E-state index in [1.165, 1.54) is 6.07 Å². The second-order valence-corrected chi connectivity index (χ2v) is 7.74. The Morgan fingerprint density at radius 3 is 2.04 bits per heavy atom. The van der Waals surface area contributed by atoms with Crippen molar-refractivity contribution < 1.29 is 9.59 Å². The Balaban J connectivity index is 1.54. The lowest BCUT2D eigenvalue weighted by Crippen LogP contribution is -2.47. The molecule has 0 radical (unpaired) electrons. The van der Waals surface area contributed by atoms with Gasteiger partial charge in [-0.1, -0.05) is 53.0 Å². The zero-order valence-electron chi connectivity index (χ0n) is 14.7. The first-order chi connectivity index (χ1) is 13.5. The topological polar surface area (TPSA) is 43.9 Å². The maximum Gasteiger partial charge on any atom is 0.283 e. The van der Waals surface area contributed by atoms with E-state index in [4.69, 9.17) is 34.8 Å². The fourth-order valence-electron chi connectivity index (χ4n) is 3.47. The fourth-order valence-corrected chi connectivity index (χ4v) is 4.25. The van der Waals surface area contributed by atoms with Gasteiger partial charge in [0.25, 0.3) is 11.8 Å². The van der Waals surface area contributed by atoms with Crippen LogP contribution in [0.25, 0.3) is 0 Å². The minimum absolute atomic E-state index is 0.0795. The molecule has 2 heterocycles. The van der Waals surface area contributed by atoms with Crippen LogP contribution >= 0.6 is 34.8 Å². The predicted octanol–water partition coefficient (Wildman–Crippen LogP) is 4.14. The summed E-state index contributed by atoms with van der Waals surface area (Å²) in [5.41, 5.74) is 1.63. The number of halogens is 3. The molecule has 144 valence electrons. The molecule has 0 aliphatic carbocycles. The molecule has 8 heteroatoms. The third kappa shape index (κ3) is 3.34. The molecule has 5 nitrogen and oxygen atoms in total. The lowest BCUT2D eigenvalue weighted by atomic mass is 10.2. The minimum atomic E-state index is -0.573. The van der Waals surface area contributed by atoms with Gasteiger partial charge in [0.1, 0.15) is 10.7 Å². The number of rotatable bonds is 3. The summed E-state index contributed by atoms with van der Waals surface area (Å²) < 4.78 is 0. The summed E-state index contributed by atoms with van der Waals surface area (Å²) in [6.07, 6.45) is 0. The van der Waals surface area contributed by atoms with E-state index in [9.17, 15) is 9.59 Å². The standard InChI is InChI=1S/C20H16Cl3N3O2/c21-13-6-7-16(15(22)12-13)26-19(27)17(23)18(20(26)28)25-10-8-24(9-11-25)14-4-2-1-3-5-14/h1-7,12H,8-11H2. The van der Waals surface area contributed by atoms with E-state index in [1.807, 2.05) is 23.1 Å². The second kappa shape index (κ2) is 7.66. The largest absolute Gasteiger partial charge is 0.368 e. The lowest BCUT2D eigenvalue weighted by molar-refractivity contribution is -0.121. The van der Waals surface area contributed by atoms with E-state index in [0.717, 1.165) is 23.7 Å². The third-order valence-corrected chi connectivity index (χ3v) is 5.75. The number of piperazine rings is 1.